The van der Waals surface area contributed by atoms with Gasteiger partial charge in [-0.05, 0) is 77.9 Å². The summed E-state index contributed by atoms with van der Waals surface area (Å²) in [6.45, 7) is 8.31. The van der Waals surface area contributed by atoms with E-state index in [1.807, 2.05) is 52.0 Å². The van der Waals surface area contributed by atoms with Crippen LogP contribution in [0.4, 0.5) is 15.3 Å². The lowest BCUT2D eigenvalue weighted by molar-refractivity contribution is 0.0522. The maximum atomic E-state index is 13.1. The number of fused-ring (bicyclic) bond motifs is 1. The molecule has 3 aromatic rings. The summed E-state index contributed by atoms with van der Waals surface area (Å²) in [5.41, 5.74) is 2.41. The van der Waals surface area contributed by atoms with Gasteiger partial charge < -0.3 is 20.3 Å². The predicted octanol–water partition coefficient (Wildman–Crippen LogP) is 5.48. The molecule has 0 saturated carbocycles. The highest BCUT2D eigenvalue weighted by molar-refractivity contribution is 5.95. The smallest absolute Gasteiger partial charge is 0.435 e. The molecule has 35 heavy (non-hydrogen) atoms. The molecule has 2 aromatic carbocycles. The first kappa shape index (κ1) is 24.7. The van der Waals surface area contributed by atoms with Crippen molar-refractivity contribution in [1.29, 1.82) is 0 Å². The van der Waals surface area contributed by atoms with Crippen LogP contribution < -0.4 is 10.6 Å². The van der Waals surface area contributed by atoms with E-state index in [1.54, 1.807) is 12.1 Å². The second kappa shape index (κ2) is 10.1. The third-order valence-electron chi connectivity index (χ3n) is 6.35. The van der Waals surface area contributed by atoms with Crippen LogP contribution in [0.2, 0.25) is 0 Å². The monoisotopic (exact) mass is 477 g/mol. The summed E-state index contributed by atoms with van der Waals surface area (Å²) in [4.78, 5) is 28.0. The molecule has 2 unspecified atom stereocenters. The average Bonchev–Trinajstić information content (AvgIpc) is 3.14. The molecule has 0 bridgehead atoms. The first-order valence-corrected chi connectivity index (χ1v) is 12.2. The van der Waals surface area contributed by atoms with E-state index >= 15 is 0 Å². The number of urea groups is 1. The average molecular weight is 478 g/mol. The minimum absolute atomic E-state index is 0.123. The lowest BCUT2D eigenvalue weighted by Crippen LogP contribution is -2.47. The number of anilines is 1. The fraction of sp³-hybridized carbons (Fsp3) is 0.444. The van der Waals surface area contributed by atoms with Crippen LogP contribution in [0.15, 0.2) is 48.5 Å². The lowest BCUT2D eigenvalue weighted by atomic mass is 9.91. The third-order valence-corrected chi connectivity index (χ3v) is 6.35. The van der Waals surface area contributed by atoms with Crippen molar-refractivity contribution in [3.8, 4) is 0 Å². The van der Waals surface area contributed by atoms with Gasteiger partial charge in [0.25, 0.3) is 0 Å². The van der Waals surface area contributed by atoms with Crippen molar-refractivity contribution >= 4 is 28.7 Å². The number of benzene rings is 2. The van der Waals surface area contributed by atoms with Crippen molar-refractivity contribution in [2.45, 2.75) is 64.6 Å². The van der Waals surface area contributed by atoms with Gasteiger partial charge in [0.2, 0.25) is 0 Å². The Morgan fingerprint density at radius 2 is 1.86 bits per heavy atom. The molecular formula is C27H35N5O3. The Balaban J connectivity index is 1.53. The molecule has 1 fully saturated rings. The summed E-state index contributed by atoms with van der Waals surface area (Å²) in [6.07, 6.45) is 2.83. The molecule has 1 aromatic heterocycles. The van der Waals surface area contributed by atoms with Gasteiger partial charge in [-0.2, -0.15) is 9.78 Å². The molecular weight excluding hydrogens is 442 g/mol. The molecule has 2 atom stereocenters. The molecule has 8 heteroatoms. The van der Waals surface area contributed by atoms with E-state index < -0.39 is 11.7 Å². The van der Waals surface area contributed by atoms with E-state index in [-0.39, 0.29) is 18.1 Å². The minimum Gasteiger partial charge on any atom is -0.442 e. The number of hydrogen-bond donors (Lipinski definition) is 2. The van der Waals surface area contributed by atoms with Gasteiger partial charge in [0.15, 0.2) is 0 Å². The number of carbonyl (C=O) groups excluding carboxylic acids is 2. The Morgan fingerprint density at radius 3 is 2.54 bits per heavy atom. The second-order valence-corrected chi connectivity index (χ2v) is 10.2. The number of likely N-dealkylation sites (tertiary alicyclic amines) is 1. The second-order valence-electron chi connectivity index (χ2n) is 10.2. The largest absolute Gasteiger partial charge is 0.442 e. The van der Waals surface area contributed by atoms with Gasteiger partial charge in [-0.1, -0.05) is 36.8 Å². The molecule has 8 nitrogen and oxygen atoms in total. The Bertz CT molecular complexity index is 1200. The van der Waals surface area contributed by atoms with Gasteiger partial charge in [-0.25, -0.2) is 9.59 Å². The van der Waals surface area contributed by atoms with Crippen LogP contribution in [0.5, 0.6) is 0 Å². The molecule has 1 aliphatic heterocycles. The molecule has 1 saturated heterocycles. The highest BCUT2D eigenvalue weighted by atomic mass is 16.6. The molecule has 0 radical (unpaired) electrons. The van der Waals surface area contributed by atoms with Crippen LogP contribution in [0.25, 0.3) is 10.9 Å². The third kappa shape index (κ3) is 5.82. The summed E-state index contributed by atoms with van der Waals surface area (Å²) in [7, 11) is 2.12. The highest BCUT2D eigenvalue weighted by Crippen LogP contribution is 2.28. The number of nitrogens with one attached hydrogen (secondary N) is 2. The number of ether oxygens (including phenoxy) is 1. The highest BCUT2D eigenvalue weighted by Gasteiger charge is 2.30. The maximum Gasteiger partial charge on any atom is 0.435 e. The summed E-state index contributed by atoms with van der Waals surface area (Å²) >= 11 is 0. The normalized spacial score (nSPS) is 17.7. The van der Waals surface area contributed by atoms with Crippen LogP contribution in [-0.4, -0.2) is 52.0 Å². The summed E-state index contributed by atoms with van der Waals surface area (Å²) < 4.78 is 6.74. The Hall–Kier alpha value is -3.39. The number of nitrogens with zero attached hydrogens (tertiary/aromatic N) is 3. The van der Waals surface area contributed by atoms with Crippen LogP contribution in [0.3, 0.4) is 0 Å². The number of amides is 2. The molecule has 0 spiro atoms. The standard InChI is InChI=1S/C27H35N5O3/c1-18-21-17-20(14-15-22(21)32(30-18)26(34)35-27(2,3)4)28-25(33)29-24(19-11-7-6-8-12-19)23-13-9-10-16-31(23)5/h6-8,11-12,14-15,17,23-24H,9-10,13,16H2,1-5H3,(H2,28,29,33). The SMILES string of the molecule is Cc1nn(C(=O)OC(C)(C)C)c2ccc(NC(=O)NC(c3ccccc3)C3CCCCN3C)cc12. The molecule has 186 valence electrons. The van der Waals surface area contributed by atoms with Gasteiger partial charge in [-0.15, -0.1) is 0 Å². The lowest BCUT2D eigenvalue weighted by Gasteiger charge is -2.38. The van der Waals surface area contributed by atoms with Crippen molar-refractivity contribution in [3.05, 3.63) is 59.8 Å². The summed E-state index contributed by atoms with van der Waals surface area (Å²) in [5.74, 6) is 0. The molecule has 1 aliphatic rings. The number of piperidine rings is 1. The maximum absolute atomic E-state index is 13.1. The molecule has 2 heterocycles. The van der Waals surface area contributed by atoms with E-state index in [2.05, 4.69) is 39.8 Å². The number of carbonyl (C=O) groups is 2. The van der Waals surface area contributed by atoms with Crippen molar-refractivity contribution in [3.63, 3.8) is 0 Å². The van der Waals surface area contributed by atoms with Gasteiger partial charge in [0.05, 0.1) is 17.3 Å². The fourth-order valence-corrected chi connectivity index (χ4v) is 4.68. The Labute approximate surface area is 206 Å². The molecule has 2 N–H and O–H groups in total. The molecule has 2 amide bonds. The van der Waals surface area contributed by atoms with E-state index in [9.17, 15) is 9.59 Å². The van der Waals surface area contributed by atoms with E-state index in [4.69, 9.17) is 4.74 Å². The zero-order valence-corrected chi connectivity index (χ0v) is 21.2. The van der Waals surface area contributed by atoms with Crippen molar-refractivity contribution in [1.82, 2.24) is 20.0 Å². The molecule has 0 aliphatic carbocycles. The van der Waals surface area contributed by atoms with Crippen LogP contribution in [0, 0.1) is 6.92 Å². The number of rotatable bonds is 4. The predicted molar refractivity (Wildman–Crippen MR) is 138 cm³/mol. The fourth-order valence-electron chi connectivity index (χ4n) is 4.68. The zero-order valence-electron chi connectivity index (χ0n) is 21.2. The van der Waals surface area contributed by atoms with Gasteiger partial charge in [-0.3, -0.25) is 0 Å². The van der Waals surface area contributed by atoms with E-state index in [1.165, 1.54) is 11.1 Å². The van der Waals surface area contributed by atoms with E-state index in [0.29, 0.717) is 16.9 Å². The topological polar surface area (TPSA) is 88.5 Å². The van der Waals surface area contributed by atoms with Gasteiger partial charge >= 0.3 is 12.1 Å². The Morgan fingerprint density at radius 1 is 1.11 bits per heavy atom. The zero-order chi connectivity index (χ0) is 25.2. The van der Waals surface area contributed by atoms with Crippen LogP contribution in [0.1, 0.15) is 57.3 Å². The van der Waals surface area contributed by atoms with E-state index in [0.717, 1.165) is 30.3 Å². The first-order chi connectivity index (χ1) is 16.6. The first-order valence-electron chi connectivity index (χ1n) is 12.2. The number of hydrogen-bond acceptors (Lipinski definition) is 5. The van der Waals surface area contributed by atoms with Gasteiger partial charge in [0, 0.05) is 17.1 Å². The van der Waals surface area contributed by atoms with Crippen molar-refractivity contribution in [2.24, 2.45) is 0 Å². The van der Waals surface area contributed by atoms with Crippen LogP contribution >= 0.6 is 0 Å². The summed E-state index contributed by atoms with van der Waals surface area (Å²) in [6, 6.07) is 15.3. The van der Waals surface area contributed by atoms with Gasteiger partial charge in [0.1, 0.15) is 5.60 Å². The van der Waals surface area contributed by atoms with Crippen molar-refractivity contribution < 1.29 is 14.3 Å². The Kier molecular flexibility index (Phi) is 7.12. The number of aryl methyl sites for hydroxylation is 1. The van der Waals surface area contributed by atoms with Crippen LogP contribution in [-0.2, 0) is 4.74 Å². The quantitative estimate of drug-likeness (QED) is 0.520. The number of likely N-dealkylation sites (N-methyl/N-ethyl adjacent to an activating group) is 1. The number of aromatic nitrogens is 2. The minimum atomic E-state index is -0.620. The van der Waals surface area contributed by atoms with Crippen molar-refractivity contribution in [2.75, 3.05) is 18.9 Å². The molecule has 4 rings (SSSR count). The summed E-state index contributed by atoms with van der Waals surface area (Å²) in [5, 5.41) is 11.3.